The molecule has 0 bridgehead atoms. The van der Waals surface area contributed by atoms with E-state index in [4.69, 9.17) is 0 Å². The van der Waals surface area contributed by atoms with Gasteiger partial charge in [-0.15, -0.1) is 0 Å². The number of hydrogen-bond acceptors (Lipinski definition) is 4. The molecule has 1 atom stereocenters. The lowest BCUT2D eigenvalue weighted by Crippen LogP contribution is -2.44. The first kappa shape index (κ1) is 16.8. The van der Waals surface area contributed by atoms with Gasteiger partial charge in [-0.05, 0) is 34.1 Å². The van der Waals surface area contributed by atoms with Crippen molar-refractivity contribution in [3.8, 4) is 0 Å². The Bertz CT molecular complexity index is 520. The SMILES string of the molecule is CCCc1cc(=O)[nH]c(SC(C)C(=O)NC(C)(C)C)n1. The average Bonchev–Trinajstić information content (AvgIpc) is 2.26. The first-order chi connectivity index (χ1) is 9.21. The molecule has 0 saturated heterocycles. The van der Waals surface area contributed by atoms with Crippen LogP contribution in [0, 0.1) is 0 Å². The fraction of sp³-hybridized carbons (Fsp3) is 0.643. The van der Waals surface area contributed by atoms with Crippen LogP contribution in [0.4, 0.5) is 0 Å². The molecule has 0 radical (unpaired) electrons. The van der Waals surface area contributed by atoms with E-state index in [0.29, 0.717) is 5.16 Å². The highest BCUT2D eigenvalue weighted by Crippen LogP contribution is 2.19. The molecule has 0 aliphatic carbocycles. The molecular weight excluding hydrogens is 274 g/mol. The van der Waals surface area contributed by atoms with Crippen molar-refractivity contribution in [2.45, 2.75) is 63.4 Å². The number of aromatic nitrogens is 2. The predicted octanol–water partition coefficient (Wildman–Crippen LogP) is 2.12. The highest BCUT2D eigenvalue weighted by Gasteiger charge is 2.21. The quantitative estimate of drug-likeness (QED) is 0.645. The van der Waals surface area contributed by atoms with Crippen LogP contribution >= 0.6 is 11.8 Å². The van der Waals surface area contributed by atoms with Crippen LogP contribution in [0.1, 0.15) is 46.7 Å². The molecule has 1 unspecified atom stereocenters. The minimum absolute atomic E-state index is 0.0638. The number of amides is 1. The van der Waals surface area contributed by atoms with Crippen LogP contribution in [0.15, 0.2) is 16.0 Å². The number of nitrogens with zero attached hydrogens (tertiary/aromatic N) is 1. The minimum Gasteiger partial charge on any atom is -0.351 e. The zero-order chi connectivity index (χ0) is 15.3. The molecule has 0 aromatic carbocycles. The molecule has 0 aliphatic rings. The second-order valence-electron chi connectivity index (χ2n) is 5.79. The van der Waals surface area contributed by atoms with E-state index >= 15 is 0 Å². The number of aromatic amines is 1. The van der Waals surface area contributed by atoms with E-state index in [2.05, 4.69) is 15.3 Å². The Morgan fingerprint density at radius 2 is 2.15 bits per heavy atom. The van der Waals surface area contributed by atoms with Gasteiger partial charge in [0, 0.05) is 17.3 Å². The molecule has 1 aromatic rings. The van der Waals surface area contributed by atoms with Crippen molar-refractivity contribution in [3.05, 3.63) is 22.1 Å². The highest BCUT2D eigenvalue weighted by molar-refractivity contribution is 8.00. The summed E-state index contributed by atoms with van der Waals surface area (Å²) in [6.45, 7) is 9.64. The van der Waals surface area contributed by atoms with Gasteiger partial charge in [0.2, 0.25) is 5.91 Å². The van der Waals surface area contributed by atoms with E-state index in [1.54, 1.807) is 6.92 Å². The Labute approximate surface area is 124 Å². The Kier molecular flexibility index (Phi) is 5.80. The number of rotatable bonds is 5. The van der Waals surface area contributed by atoms with Crippen LogP contribution in [0.25, 0.3) is 0 Å². The summed E-state index contributed by atoms with van der Waals surface area (Å²) in [5, 5.41) is 3.10. The van der Waals surface area contributed by atoms with Gasteiger partial charge in [0.15, 0.2) is 5.16 Å². The lowest BCUT2D eigenvalue weighted by molar-refractivity contribution is -0.121. The number of carbonyl (C=O) groups is 1. The van der Waals surface area contributed by atoms with Gasteiger partial charge in [0.05, 0.1) is 5.25 Å². The van der Waals surface area contributed by atoms with Gasteiger partial charge < -0.3 is 10.3 Å². The van der Waals surface area contributed by atoms with Crippen LogP contribution < -0.4 is 10.9 Å². The fourth-order valence-corrected chi connectivity index (χ4v) is 2.45. The van der Waals surface area contributed by atoms with Gasteiger partial charge >= 0.3 is 0 Å². The number of nitrogens with one attached hydrogen (secondary N) is 2. The summed E-state index contributed by atoms with van der Waals surface area (Å²) in [6, 6.07) is 1.51. The van der Waals surface area contributed by atoms with E-state index < -0.39 is 0 Å². The minimum atomic E-state index is -0.311. The van der Waals surface area contributed by atoms with Crippen LogP contribution in [0.3, 0.4) is 0 Å². The van der Waals surface area contributed by atoms with Gasteiger partial charge in [0.1, 0.15) is 0 Å². The molecule has 20 heavy (non-hydrogen) atoms. The molecule has 1 amide bonds. The van der Waals surface area contributed by atoms with Gasteiger partial charge in [0.25, 0.3) is 5.56 Å². The van der Waals surface area contributed by atoms with Crippen LogP contribution in [0.5, 0.6) is 0 Å². The third-order valence-corrected chi connectivity index (χ3v) is 3.42. The molecule has 1 rings (SSSR count). The van der Waals surface area contributed by atoms with Crippen molar-refractivity contribution >= 4 is 17.7 Å². The average molecular weight is 297 g/mol. The van der Waals surface area contributed by atoms with E-state index in [1.807, 2.05) is 27.7 Å². The molecule has 0 saturated carbocycles. The zero-order valence-corrected chi connectivity index (χ0v) is 13.6. The number of H-pyrrole nitrogens is 1. The third-order valence-electron chi connectivity index (χ3n) is 2.43. The first-order valence-corrected chi connectivity index (χ1v) is 7.68. The maximum Gasteiger partial charge on any atom is 0.251 e. The molecule has 0 fully saturated rings. The smallest absolute Gasteiger partial charge is 0.251 e. The van der Waals surface area contributed by atoms with Crippen molar-refractivity contribution in [1.82, 2.24) is 15.3 Å². The van der Waals surface area contributed by atoms with E-state index in [0.717, 1.165) is 18.5 Å². The van der Waals surface area contributed by atoms with Crippen molar-refractivity contribution in [2.75, 3.05) is 0 Å². The normalized spacial score (nSPS) is 13.1. The monoisotopic (exact) mass is 297 g/mol. The standard InChI is InChI=1S/C14H23N3O2S/c1-6-7-10-8-11(18)16-13(15-10)20-9(2)12(19)17-14(3,4)5/h8-9H,6-7H2,1-5H3,(H,17,19)(H,15,16,18). The molecule has 2 N–H and O–H groups in total. The van der Waals surface area contributed by atoms with Crippen molar-refractivity contribution < 1.29 is 4.79 Å². The van der Waals surface area contributed by atoms with E-state index in [9.17, 15) is 9.59 Å². The Hall–Kier alpha value is -1.30. The van der Waals surface area contributed by atoms with Gasteiger partial charge in [-0.3, -0.25) is 9.59 Å². The summed E-state index contributed by atoms with van der Waals surface area (Å²) in [4.78, 5) is 30.6. The lowest BCUT2D eigenvalue weighted by Gasteiger charge is -2.22. The molecule has 0 spiro atoms. The summed E-state index contributed by atoms with van der Waals surface area (Å²) in [6.07, 6.45) is 1.70. The summed E-state index contributed by atoms with van der Waals surface area (Å²) < 4.78 is 0. The maximum atomic E-state index is 12.0. The fourth-order valence-electron chi connectivity index (χ4n) is 1.62. The zero-order valence-electron chi connectivity index (χ0n) is 12.7. The van der Waals surface area contributed by atoms with Crippen LogP contribution in [0.2, 0.25) is 0 Å². The molecule has 1 heterocycles. The summed E-state index contributed by atoms with van der Waals surface area (Å²) >= 11 is 1.27. The number of carbonyl (C=O) groups excluding carboxylic acids is 1. The molecule has 1 aromatic heterocycles. The second kappa shape index (κ2) is 6.92. The van der Waals surface area contributed by atoms with Gasteiger partial charge in [-0.2, -0.15) is 0 Å². The maximum absolute atomic E-state index is 12.0. The number of aryl methyl sites for hydroxylation is 1. The number of thioether (sulfide) groups is 1. The Balaban J connectivity index is 2.77. The topological polar surface area (TPSA) is 74.8 Å². The van der Waals surface area contributed by atoms with Gasteiger partial charge in [-0.25, -0.2) is 4.98 Å². The highest BCUT2D eigenvalue weighted by atomic mass is 32.2. The van der Waals surface area contributed by atoms with Gasteiger partial charge in [-0.1, -0.05) is 25.1 Å². The largest absolute Gasteiger partial charge is 0.351 e. The Morgan fingerprint density at radius 1 is 1.50 bits per heavy atom. The van der Waals surface area contributed by atoms with Crippen molar-refractivity contribution in [2.24, 2.45) is 0 Å². The lowest BCUT2D eigenvalue weighted by atomic mass is 10.1. The molecule has 112 valence electrons. The molecule has 6 heteroatoms. The summed E-state index contributed by atoms with van der Waals surface area (Å²) in [5.74, 6) is -0.0638. The predicted molar refractivity (Wildman–Crippen MR) is 82.1 cm³/mol. The third kappa shape index (κ3) is 5.77. The van der Waals surface area contributed by atoms with Crippen LogP contribution in [-0.2, 0) is 11.2 Å². The second-order valence-corrected chi connectivity index (χ2v) is 7.12. The van der Waals surface area contributed by atoms with Crippen LogP contribution in [-0.4, -0.2) is 26.7 Å². The number of hydrogen-bond donors (Lipinski definition) is 2. The molecule has 0 aliphatic heterocycles. The first-order valence-electron chi connectivity index (χ1n) is 6.80. The van der Waals surface area contributed by atoms with Crippen molar-refractivity contribution in [3.63, 3.8) is 0 Å². The molecule has 5 nitrogen and oxygen atoms in total. The summed E-state index contributed by atoms with van der Waals surface area (Å²) in [7, 11) is 0. The van der Waals surface area contributed by atoms with E-state index in [-0.39, 0.29) is 22.3 Å². The van der Waals surface area contributed by atoms with E-state index in [1.165, 1.54) is 17.8 Å². The van der Waals surface area contributed by atoms with Crippen molar-refractivity contribution in [1.29, 1.82) is 0 Å². The Morgan fingerprint density at radius 3 is 2.70 bits per heavy atom. The molecular formula is C14H23N3O2S. The summed E-state index contributed by atoms with van der Waals surface area (Å²) in [5.41, 5.74) is 0.327.